The fourth-order valence-corrected chi connectivity index (χ4v) is 2.22. The SMILES string of the molecule is CC(C)(C#N)CNC1CCc2cc(F)ccc21. The lowest BCUT2D eigenvalue weighted by molar-refractivity contribution is 0.402. The van der Waals surface area contributed by atoms with Gasteiger partial charge in [0.25, 0.3) is 0 Å². The van der Waals surface area contributed by atoms with E-state index in [0.717, 1.165) is 18.4 Å². The molecule has 1 aliphatic rings. The molecule has 0 aromatic heterocycles. The van der Waals surface area contributed by atoms with Gasteiger partial charge in [-0.25, -0.2) is 4.39 Å². The Hall–Kier alpha value is -1.40. The smallest absolute Gasteiger partial charge is 0.123 e. The molecule has 2 rings (SSSR count). The van der Waals surface area contributed by atoms with Gasteiger partial charge in [-0.15, -0.1) is 0 Å². The lowest BCUT2D eigenvalue weighted by Crippen LogP contribution is -2.30. The molecule has 0 fully saturated rings. The summed E-state index contributed by atoms with van der Waals surface area (Å²) in [5.74, 6) is -0.165. The van der Waals surface area contributed by atoms with Crippen LogP contribution in [0.4, 0.5) is 4.39 Å². The lowest BCUT2D eigenvalue weighted by Gasteiger charge is -2.20. The maximum atomic E-state index is 13.1. The number of hydrogen-bond acceptors (Lipinski definition) is 2. The third kappa shape index (κ3) is 2.65. The van der Waals surface area contributed by atoms with Crippen LogP contribution in [0.5, 0.6) is 0 Å². The minimum atomic E-state index is -0.358. The fraction of sp³-hybridized carbons (Fsp3) is 0.500. The Morgan fingerprint density at radius 1 is 1.53 bits per heavy atom. The molecule has 0 amide bonds. The Labute approximate surface area is 101 Å². The van der Waals surface area contributed by atoms with Crippen LogP contribution in [0, 0.1) is 22.6 Å². The number of nitrogens with zero attached hydrogens (tertiary/aromatic N) is 1. The van der Waals surface area contributed by atoms with Crippen molar-refractivity contribution in [3.05, 3.63) is 35.1 Å². The highest BCUT2D eigenvalue weighted by molar-refractivity contribution is 5.35. The molecule has 0 saturated heterocycles. The molecular weight excluding hydrogens is 215 g/mol. The molecule has 1 unspecified atom stereocenters. The first kappa shape index (κ1) is 12.1. The molecule has 1 N–H and O–H groups in total. The largest absolute Gasteiger partial charge is 0.308 e. The number of halogens is 1. The van der Waals surface area contributed by atoms with Crippen LogP contribution in [0.1, 0.15) is 37.4 Å². The maximum absolute atomic E-state index is 13.1. The van der Waals surface area contributed by atoms with E-state index in [1.54, 1.807) is 6.07 Å². The summed E-state index contributed by atoms with van der Waals surface area (Å²) in [7, 11) is 0. The standard InChI is InChI=1S/C14H17FN2/c1-14(2,8-16)9-17-13-6-3-10-7-11(15)4-5-12(10)13/h4-5,7,13,17H,3,6,9H2,1-2H3. The summed E-state index contributed by atoms with van der Waals surface area (Å²) in [5.41, 5.74) is 1.92. The summed E-state index contributed by atoms with van der Waals surface area (Å²) >= 11 is 0. The van der Waals surface area contributed by atoms with Crippen molar-refractivity contribution in [3.8, 4) is 6.07 Å². The summed E-state index contributed by atoms with van der Waals surface area (Å²) in [6, 6.07) is 7.52. The molecule has 17 heavy (non-hydrogen) atoms. The van der Waals surface area contributed by atoms with E-state index >= 15 is 0 Å². The number of nitrogens with one attached hydrogen (secondary N) is 1. The quantitative estimate of drug-likeness (QED) is 0.869. The molecule has 0 radical (unpaired) electrons. The van der Waals surface area contributed by atoms with Crippen molar-refractivity contribution in [2.75, 3.05) is 6.54 Å². The first-order chi connectivity index (χ1) is 8.02. The Kier molecular flexibility index (Phi) is 3.17. The van der Waals surface area contributed by atoms with Gasteiger partial charge in [0, 0.05) is 12.6 Å². The minimum absolute atomic E-state index is 0.165. The van der Waals surface area contributed by atoms with Crippen molar-refractivity contribution in [1.29, 1.82) is 5.26 Å². The minimum Gasteiger partial charge on any atom is -0.308 e. The second-order valence-corrected chi connectivity index (χ2v) is 5.31. The molecule has 2 nitrogen and oxygen atoms in total. The van der Waals surface area contributed by atoms with Gasteiger partial charge < -0.3 is 5.32 Å². The van der Waals surface area contributed by atoms with E-state index in [4.69, 9.17) is 5.26 Å². The number of rotatable bonds is 3. The number of aryl methyl sites for hydroxylation is 1. The normalized spacial score (nSPS) is 18.8. The molecule has 1 aromatic carbocycles. The molecule has 1 aliphatic carbocycles. The lowest BCUT2D eigenvalue weighted by atomic mass is 9.95. The molecule has 0 saturated carbocycles. The van der Waals surface area contributed by atoms with Crippen molar-refractivity contribution in [2.45, 2.75) is 32.7 Å². The van der Waals surface area contributed by atoms with Crippen molar-refractivity contribution >= 4 is 0 Å². The van der Waals surface area contributed by atoms with Crippen LogP contribution in [0.3, 0.4) is 0 Å². The summed E-state index contributed by atoms with van der Waals surface area (Å²) in [4.78, 5) is 0. The molecule has 0 bridgehead atoms. The van der Waals surface area contributed by atoms with E-state index in [9.17, 15) is 4.39 Å². The van der Waals surface area contributed by atoms with Crippen LogP contribution < -0.4 is 5.32 Å². The van der Waals surface area contributed by atoms with Gasteiger partial charge in [0.15, 0.2) is 0 Å². The van der Waals surface area contributed by atoms with E-state index in [1.165, 1.54) is 11.6 Å². The number of nitriles is 1. The molecule has 1 aromatic rings. The zero-order valence-electron chi connectivity index (χ0n) is 10.3. The highest BCUT2D eigenvalue weighted by atomic mass is 19.1. The van der Waals surface area contributed by atoms with Gasteiger partial charge in [0.05, 0.1) is 11.5 Å². The van der Waals surface area contributed by atoms with Gasteiger partial charge in [-0.1, -0.05) is 6.07 Å². The summed E-state index contributed by atoms with van der Waals surface area (Å²) in [5, 5.41) is 12.4. The fourth-order valence-electron chi connectivity index (χ4n) is 2.22. The van der Waals surface area contributed by atoms with Crippen LogP contribution in [0.25, 0.3) is 0 Å². The van der Waals surface area contributed by atoms with Crippen LogP contribution in [-0.2, 0) is 6.42 Å². The number of benzene rings is 1. The third-order valence-corrected chi connectivity index (χ3v) is 3.28. The van der Waals surface area contributed by atoms with Gasteiger partial charge >= 0.3 is 0 Å². The summed E-state index contributed by atoms with van der Waals surface area (Å²) in [6.07, 6.45) is 1.90. The molecular formula is C14H17FN2. The first-order valence-corrected chi connectivity index (χ1v) is 5.95. The van der Waals surface area contributed by atoms with Crippen LogP contribution in [-0.4, -0.2) is 6.54 Å². The van der Waals surface area contributed by atoms with Gasteiger partial charge in [-0.3, -0.25) is 0 Å². The van der Waals surface area contributed by atoms with Crippen molar-refractivity contribution in [3.63, 3.8) is 0 Å². The van der Waals surface area contributed by atoms with Gasteiger partial charge in [-0.05, 0) is 49.9 Å². The van der Waals surface area contributed by atoms with E-state index in [-0.39, 0.29) is 17.3 Å². The third-order valence-electron chi connectivity index (χ3n) is 3.28. The molecule has 0 heterocycles. The monoisotopic (exact) mass is 232 g/mol. The molecule has 0 spiro atoms. The van der Waals surface area contributed by atoms with Gasteiger partial charge in [0.2, 0.25) is 0 Å². The van der Waals surface area contributed by atoms with Gasteiger partial charge in [0.1, 0.15) is 5.82 Å². The zero-order chi connectivity index (χ0) is 12.5. The van der Waals surface area contributed by atoms with Crippen molar-refractivity contribution < 1.29 is 4.39 Å². The van der Waals surface area contributed by atoms with E-state index in [0.29, 0.717) is 6.54 Å². The molecule has 3 heteroatoms. The molecule has 0 aliphatic heterocycles. The Bertz CT molecular complexity index is 460. The average molecular weight is 232 g/mol. The Balaban J connectivity index is 2.06. The zero-order valence-corrected chi connectivity index (χ0v) is 10.3. The van der Waals surface area contributed by atoms with E-state index < -0.39 is 0 Å². The van der Waals surface area contributed by atoms with Crippen LogP contribution in [0.2, 0.25) is 0 Å². The number of hydrogen-bond donors (Lipinski definition) is 1. The molecule has 1 atom stereocenters. The van der Waals surface area contributed by atoms with Crippen molar-refractivity contribution in [2.24, 2.45) is 5.41 Å². The Morgan fingerprint density at radius 2 is 2.29 bits per heavy atom. The topological polar surface area (TPSA) is 35.8 Å². The second-order valence-electron chi connectivity index (χ2n) is 5.31. The van der Waals surface area contributed by atoms with E-state index in [2.05, 4.69) is 11.4 Å². The highest BCUT2D eigenvalue weighted by Crippen LogP contribution is 2.32. The predicted octanol–water partition coefficient (Wildman–Crippen LogP) is 2.95. The summed E-state index contributed by atoms with van der Waals surface area (Å²) in [6.45, 7) is 4.49. The maximum Gasteiger partial charge on any atom is 0.123 e. The van der Waals surface area contributed by atoms with E-state index in [1.807, 2.05) is 19.9 Å². The predicted molar refractivity (Wildman–Crippen MR) is 64.9 cm³/mol. The average Bonchev–Trinajstić information content (AvgIpc) is 2.69. The van der Waals surface area contributed by atoms with Crippen molar-refractivity contribution in [1.82, 2.24) is 5.32 Å². The molecule has 90 valence electrons. The summed E-state index contributed by atoms with van der Waals surface area (Å²) < 4.78 is 13.1. The van der Waals surface area contributed by atoms with Crippen LogP contribution in [0.15, 0.2) is 18.2 Å². The first-order valence-electron chi connectivity index (χ1n) is 5.95. The second kappa shape index (κ2) is 4.46. The highest BCUT2D eigenvalue weighted by Gasteiger charge is 2.25. The Morgan fingerprint density at radius 3 is 3.00 bits per heavy atom. The number of fused-ring (bicyclic) bond motifs is 1. The van der Waals surface area contributed by atoms with Crippen LogP contribution >= 0.6 is 0 Å². The van der Waals surface area contributed by atoms with Gasteiger partial charge in [-0.2, -0.15) is 5.26 Å².